The van der Waals surface area contributed by atoms with Crippen LogP contribution in [0.5, 0.6) is 0 Å². The number of H-pyrrole nitrogens is 1. The van der Waals surface area contributed by atoms with Crippen LogP contribution in [0.25, 0.3) is 10.8 Å². The summed E-state index contributed by atoms with van der Waals surface area (Å²) in [5.74, 6) is -0.207. The maximum atomic E-state index is 12.8. The first-order valence-electron chi connectivity index (χ1n) is 9.10. The predicted octanol–water partition coefficient (Wildman–Crippen LogP) is 3.33. The summed E-state index contributed by atoms with van der Waals surface area (Å²) in [6.45, 7) is 0.573. The number of benzene rings is 2. The molecule has 0 bridgehead atoms. The number of aryl methyl sites for hydroxylation is 2. The molecule has 26 heavy (non-hydrogen) atoms. The zero-order chi connectivity index (χ0) is 18.1. The molecule has 0 atom stereocenters. The number of fused-ring (bicyclic) bond motifs is 2. The van der Waals surface area contributed by atoms with E-state index >= 15 is 0 Å². The summed E-state index contributed by atoms with van der Waals surface area (Å²) < 4.78 is 0. The number of amides is 1. The quantitative estimate of drug-likeness (QED) is 0.788. The van der Waals surface area contributed by atoms with Crippen molar-refractivity contribution in [3.63, 3.8) is 0 Å². The molecular formula is C22H22N2O2. The molecule has 1 heterocycles. The Morgan fingerprint density at radius 2 is 1.92 bits per heavy atom. The van der Waals surface area contributed by atoms with E-state index < -0.39 is 0 Å². The maximum absolute atomic E-state index is 12.8. The molecule has 1 aliphatic carbocycles. The second-order valence-electron chi connectivity index (χ2n) is 6.98. The van der Waals surface area contributed by atoms with Crippen molar-refractivity contribution in [3.8, 4) is 0 Å². The summed E-state index contributed by atoms with van der Waals surface area (Å²) in [5, 5.41) is 2.42. The van der Waals surface area contributed by atoms with E-state index in [1.54, 1.807) is 18.0 Å². The fraction of sp³-hybridized carbons (Fsp3) is 0.273. The van der Waals surface area contributed by atoms with Gasteiger partial charge in [0.1, 0.15) is 5.56 Å². The number of pyridine rings is 1. The number of carbonyl (C=O) groups excluding carboxylic acids is 1. The lowest BCUT2D eigenvalue weighted by atomic mass is 10.0. The number of nitrogens with one attached hydrogen (secondary N) is 1. The number of hydrogen-bond donors (Lipinski definition) is 1. The van der Waals surface area contributed by atoms with E-state index in [0.29, 0.717) is 6.54 Å². The van der Waals surface area contributed by atoms with Gasteiger partial charge in [-0.05, 0) is 53.6 Å². The van der Waals surface area contributed by atoms with Gasteiger partial charge >= 0.3 is 0 Å². The number of nitrogens with zero attached hydrogens (tertiary/aromatic N) is 1. The predicted molar refractivity (Wildman–Crippen MR) is 104 cm³/mol. The second kappa shape index (κ2) is 6.79. The monoisotopic (exact) mass is 346 g/mol. The largest absolute Gasteiger partial charge is 0.341 e. The van der Waals surface area contributed by atoms with Gasteiger partial charge in [-0.25, -0.2) is 0 Å². The van der Waals surface area contributed by atoms with Gasteiger partial charge in [-0.1, -0.05) is 42.5 Å². The molecule has 3 aromatic rings. The van der Waals surface area contributed by atoms with E-state index in [2.05, 4.69) is 29.2 Å². The normalized spacial score (nSPS) is 13.0. The van der Waals surface area contributed by atoms with Crippen molar-refractivity contribution < 1.29 is 4.79 Å². The standard InChI is InChI=1S/C22H22N2O2/c1-24(13-12-16-8-4-7-15-6-2-3-10-18(15)16)22(26)19-14-17-9-5-11-20(17)23-21(19)25/h2-4,6-8,10,14H,5,9,11-13H2,1H3,(H,23,25). The molecule has 1 N–H and O–H groups in total. The minimum absolute atomic E-state index is 0.207. The molecule has 0 radical (unpaired) electrons. The molecule has 132 valence electrons. The first-order valence-corrected chi connectivity index (χ1v) is 9.10. The highest BCUT2D eigenvalue weighted by atomic mass is 16.2. The first-order chi connectivity index (χ1) is 12.6. The van der Waals surface area contributed by atoms with E-state index in [1.807, 2.05) is 18.2 Å². The third-order valence-electron chi connectivity index (χ3n) is 5.26. The van der Waals surface area contributed by atoms with Crippen LogP contribution in [0.4, 0.5) is 0 Å². The fourth-order valence-corrected chi connectivity index (χ4v) is 3.78. The van der Waals surface area contributed by atoms with Gasteiger partial charge in [0.25, 0.3) is 11.5 Å². The summed E-state index contributed by atoms with van der Waals surface area (Å²) in [6, 6.07) is 16.3. The van der Waals surface area contributed by atoms with Crippen molar-refractivity contribution in [2.75, 3.05) is 13.6 Å². The van der Waals surface area contributed by atoms with Crippen LogP contribution in [-0.2, 0) is 19.3 Å². The van der Waals surface area contributed by atoms with Crippen LogP contribution in [0.2, 0.25) is 0 Å². The lowest BCUT2D eigenvalue weighted by Crippen LogP contribution is -2.33. The smallest absolute Gasteiger partial charge is 0.261 e. The van der Waals surface area contributed by atoms with Gasteiger partial charge < -0.3 is 9.88 Å². The van der Waals surface area contributed by atoms with Gasteiger partial charge in [0.15, 0.2) is 0 Å². The zero-order valence-corrected chi connectivity index (χ0v) is 14.9. The number of aromatic nitrogens is 1. The number of hydrogen-bond acceptors (Lipinski definition) is 2. The Morgan fingerprint density at radius 1 is 1.12 bits per heavy atom. The molecule has 0 saturated heterocycles. The number of carbonyl (C=O) groups is 1. The SMILES string of the molecule is CN(CCc1cccc2ccccc12)C(=O)c1cc2c([nH]c1=O)CCC2. The first kappa shape index (κ1) is 16.6. The molecule has 1 aliphatic rings. The van der Waals surface area contributed by atoms with Crippen LogP contribution in [0, 0.1) is 0 Å². The van der Waals surface area contributed by atoms with Gasteiger partial charge in [0.2, 0.25) is 0 Å². The van der Waals surface area contributed by atoms with Crippen molar-refractivity contribution in [1.29, 1.82) is 0 Å². The Kier molecular flexibility index (Phi) is 4.33. The van der Waals surface area contributed by atoms with Gasteiger partial charge in [-0.3, -0.25) is 9.59 Å². The number of rotatable bonds is 4. The average molecular weight is 346 g/mol. The van der Waals surface area contributed by atoms with Crippen LogP contribution in [0.1, 0.15) is 33.6 Å². The molecule has 0 spiro atoms. The number of likely N-dealkylation sites (N-methyl/N-ethyl adjacent to an activating group) is 1. The van der Waals surface area contributed by atoms with Crippen LogP contribution in [-0.4, -0.2) is 29.4 Å². The van der Waals surface area contributed by atoms with E-state index in [1.165, 1.54) is 16.3 Å². The van der Waals surface area contributed by atoms with Crippen LogP contribution in [0.3, 0.4) is 0 Å². The molecule has 4 nitrogen and oxygen atoms in total. The maximum Gasteiger partial charge on any atom is 0.261 e. The molecule has 0 fully saturated rings. The Bertz CT molecular complexity index is 1030. The fourth-order valence-electron chi connectivity index (χ4n) is 3.78. The van der Waals surface area contributed by atoms with Crippen LogP contribution in [0.15, 0.2) is 53.3 Å². The van der Waals surface area contributed by atoms with Crippen molar-refractivity contribution in [2.24, 2.45) is 0 Å². The van der Waals surface area contributed by atoms with Crippen molar-refractivity contribution in [1.82, 2.24) is 9.88 Å². The molecule has 4 heteroatoms. The zero-order valence-electron chi connectivity index (χ0n) is 14.9. The third-order valence-corrected chi connectivity index (χ3v) is 5.26. The summed E-state index contributed by atoms with van der Waals surface area (Å²) in [6.07, 6.45) is 3.63. The molecule has 0 aliphatic heterocycles. The lowest BCUT2D eigenvalue weighted by molar-refractivity contribution is 0.0795. The van der Waals surface area contributed by atoms with E-state index in [0.717, 1.165) is 36.9 Å². The molecule has 0 unspecified atom stereocenters. The molecular weight excluding hydrogens is 324 g/mol. The van der Waals surface area contributed by atoms with E-state index in [-0.39, 0.29) is 17.0 Å². The Labute approximate surface area is 152 Å². The molecule has 4 rings (SSSR count). The van der Waals surface area contributed by atoms with Gasteiger partial charge in [0, 0.05) is 19.3 Å². The number of aromatic amines is 1. The topological polar surface area (TPSA) is 53.2 Å². The molecule has 2 aromatic carbocycles. The minimum Gasteiger partial charge on any atom is -0.341 e. The third kappa shape index (κ3) is 3.03. The Balaban J connectivity index is 1.52. The Morgan fingerprint density at radius 3 is 2.81 bits per heavy atom. The molecule has 1 amide bonds. The van der Waals surface area contributed by atoms with Gasteiger partial charge in [-0.15, -0.1) is 0 Å². The molecule has 1 aromatic heterocycles. The highest BCUT2D eigenvalue weighted by molar-refractivity contribution is 5.94. The highest BCUT2D eigenvalue weighted by Crippen LogP contribution is 2.20. The van der Waals surface area contributed by atoms with Crippen molar-refractivity contribution >= 4 is 16.7 Å². The Hall–Kier alpha value is -2.88. The van der Waals surface area contributed by atoms with Gasteiger partial charge in [-0.2, -0.15) is 0 Å². The minimum atomic E-state index is -0.271. The van der Waals surface area contributed by atoms with Crippen LogP contribution >= 0.6 is 0 Å². The van der Waals surface area contributed by atoms with Crippen molar-refractivity contribution in [3.05, 3.63) is 81.3 Å². The van der Waals surface area contributed by atoms with Gasteiger partial charge in [0.05, 0.1) is 0 Å². The summed E-state index contributed by atoms with van der Waals surface area (Å²) in [7, 11) is 1.76. The van der Waals surface area contributed by atoms with Crippen molar-refractivity contribution in [2.45, 2.75) is 25.7 Å². The highest BCUT2D eigenvalue weighted by Gasteiger charge is 2.20. The summed E-state index contributed by atoms with van der Waals surface area (Å²) >= 11 is 0. The van der Waals surface area contributed by atoms with E-state index in [4.69, 9.17) is 0 Å². The molecule has 0 saturated carbocycles. The van der Waals surface area contributed by atoms with E-state index in [9.17, 15) is 9.59 Å². The summed E-state index contributed by atoms with van der Waals surface area (Å²) in [4.78, 5) is 29.6. The van der Waals surface area contributed by atoms with Crippen LogP contribution < -0.4 is 5.56 Å². The lowest BCUT2D eigenvalue weighted by Gasteiger charge is -2.18. The summed E-state index contributed by atoms with van der Waals surface area (Å²) in [5.41, 5.74) is 3.30. The second-order valence-corrected chi connectivity index (χ2v) is 6.98. The average Bonchev–Trinajstić information content (AvgIpc) is 3.12.